The molecular weight excluding hydrogens is 240 g/mol. The molecule has 100 valence electrons. The molecule has 18 heavy (non-hydrogen) atoms. The van der Waals surface area contributed by atoms with Crippen LogP contribution in [0.4, 0.5) is 10.5 Å². The molecule has 0 aliphatic heterocycles. The van der Waals surface area contributed by atoms with Crippen LogP contribution in [-0.4, -0.2) is 42.9 Å². The van der Waals surface area contributed by atoms with Crippen LogP contribution < -0.4 is 0 Å². The molecule has 0 aliphatic carbocycles. The number of nitrogens with zero attached hydrogens (tertiary/aromatic N) is 4. The number of amides is 1. The van der Waals surface area contributed by atoms with E-state index >= 15 is 0 Å². The van der Waals surface area contributed by atoms with Crippen molar-refractivity contribution in [3.63, 3.8) is 0 Å². The lowest BCUT2D eigenvalue weighted by atomic mass is 10.1. The molecule has 0 fully saturated rings. The predicted octanol–water partition coefficient (Wildman–Crippen LogP) is 1.57. The summed E-state index contributed by atoms with van der Waals surface area (Å²) in [5.74, 6) is 0. The van der Waals surface area contributed by atoms with Gasteiger partial charge in [0.25, 0.3) is 0 Å². The first-order valence-electron chi connectivity index (χ1n) is 5.39. The molecule has 0 spiro atoms. The van der Waals surface area contributed by atoms with E-state index < -0.39 is 16.6 Å². The van der Waals surface area contributed by atoms with Gasteiger partial charge in [-0.15, -0.1) is 0 Å². The van der Waals surface area contributed by atoms with Crippen molar-refractivity contribution in [2.45, 2.75) is 32.9 Å². The van der Waals surface area contributed by atoms with E-state index in [-0.39, 0.29) is 18.8 Å². The molecule has 0 radical (unpaired) electrons. The number of carboxylic acid groups (broad SMARTS) is 1. The predicted molar refractivity (Wildman–Crippen MR) is 63.4 cm³/mol. The van der Waals surface area contributed by atoms with Crippen molar-refractivity contribution in [2.24, 2.45) is 0 Å². The summed E-state index contributed by atoms with van der Waals surface area (Å²) in [5.41, 5.74) is -0.627. The Hall–Kier alpha value is -2.12. The fourth-order valence-electron chi connectivity index (χ4n) is 1.49. The Morgan fingerprint density at radius 1 is 1.61 bits per heavy atom. The summed E-state index contributed by atoms with van der Waals surface area (Å²) in [4.78, 5) is 22.3. The fourth-order valence-corrected chi connectivity index (χ4v) is 1.49. The van der Waals surface area contributed by atoms with Crippen LogP contribution in [0, 0.1) is 10.1 Å². The van der Waals surface area contributed by atoms with Crippen LogP contribution in [0.2, 0.25) is 0 Å². The second-order valence-electron chi connectivity index (χ2n) is 4.82. The Kier molecular flexibility index (Phi) is 3.89. The normalized spacial score (nSPS) is 11.3. The Labute approximate surface area is 104 Å². The number of rotatable bonds is 4. The third kappa shape index (κ3) is 3.44. The SMILES string of the molecule is CC(C)(C)N(CCn1cc([N+](=O)[O-])cn1)C(=O)O. The average Bonchev–Trinajstić information content (AvgIpc) is 2.63. The van der Waals surface area contributed by atoms with E-state index in [2.05, 4.69) is 5.10 Å². The number of aromatic nitrogens is 2. The largest absolute Gasteiger partial charge is 0.465 e. The van der Waals surface area contributed by atoms with Crippen LogP contribution >= 0.6 is 0 Å². The Bertz CT molecular complexity index is 449. The van der Waals surface area contributed by atoms with Crippen molar-refractivity contribution in [1.29, 1.82) is 0 Å². The molecular formula is C10H16N4O4. The maximum Gasteiger partial charge on any atom is 0.407 e. The first-order chi connectivity index (χ1) is 8.21. The molecule has 0 unspecified atom stereocenters. The lowest BCUT2D eigenvalue weighted by molar-refractivity contribution is -0.385. The van der Waals surface area contributed by atoms with Crippen molar-refractivity contribution in [3.05, 3.63) is 22.5 Å². The third-order valence-electron chi connectivity index (χ3n) is 2.42. The summed E-state index contributed by atoms with van der Waals surface area (Å²) >= 11 is 0. The Balaban J connectivity index is 2.67. The van der Waals surface area contributed by atoms with Crippen molar-refractivity contribution in [2.75, 3.05) is 6.54 Å². The van der Waals surface area contributed by atoms with Crippen LogP contribution in [0.15, 0.2) is 12.4 Å². The molecule has 0 bridgehead atoms. The van der Waals surface area contributed by atoms with Gasteiger partial charge in [-0.1, -0.05) is 0 Å². The van der Waals surface area contributed by atoms with E-state index in [1.165, 1.54) is 15.8 Å². The van der Waals surface area contributed by atoms with E-state index in [4.69, 9.17) is 5.11 Å². The first kappa shape index (κ1) is 13.9. The van der Waals surface area contributed by atoms with E-state index in [1.54, 1.807) is 20.8 Å². The zero-order valence-electron chi connectivity index (χ0n) is 10.5. The second-order valence-corrected chi connectivity index (χ2v) is 4.82. The summed E-state index contributed by atoms with van der Waals surface area (Å²) < 4.78 is 1.36. The molecule has 8 nitrogen and oxygen atoms in total. The van der Waals surface area contributed by atoms with Crippen molar-refractivity contribution < 1.29 is 14.8 Å². The molecule has 8 heteroatoms. The molecule has 0 atom stereocenters. The summed E-state index contributed by atoms with van der Waals surface area (Å²) in [6.07, 6.45) is 1.40. The van der Waals surface area contributed by atoms with Gasteiger partial charge >= 0.3 is 11.8 Å². The summed E-state index contributed by atoms with van der Waals surface area (Å²) in [7, 11) is 0. The molecule has 0 aromatic carbocycles. The van der Waals surface area contributed by atoms with Gasteiger partial charge in [-0.05, 0) is 20.8 Å². The van der Waals surface area contributed by atoms with E-state index in [0.29, 0.717) is 0 Å². The van der Waals surface area contributed by atoms with Gasteiger partial charge in [0.2, 0.25) is 0 Å². The van der Waals surface area contributed by atoms with E-state index in [1.807, 2.05) is 0 Å². The number of hydrogen-bond donors (Lipinski definition) is 1. The maximum absolute atomic E-state index is 11.1. The van der Waals surface area contributed by atoms with Crippen LogP contribution in [0.3, 0.4) is 0 Å². The topological polar surface area (TPSA) is 102 Å². The van der Waals surface area contributed by atoms with Crippen LogP contribution in [0.25, 0.3) is 0 Å². The van der Waals surface area contributed by atoms with Gasteiger partial charge in [-0.3, -0.25) is 14.8 Å². The zero-order valence-corrected chi connectivity index (χ0v) is 10.5. The van der Waals surface area contributed by atoms with Crippen LogP contribution in [0.1, 0.15) is 20.8 Å². The molecule has 1 heterocycles. The van der Waals surface area contributed by atoms with Crippen molar-refractivity contribution in [1.82, 2.24) is 14.7 Å². The molecule has 1 N–H and O–H groups in total. The lowest BCUT2D eigenvalue weighted by Gasteiger charge is -2.33. The second kappa shape index (κ2) is 5.03. The number of hydrogen-bond acceptors (Lipinski definition) is 4. The highest BCUT2D eigenvalue weighted by Crippen LogP contribution is 2.14. The van der Waals surface area contributed by atoms with E-state index in [0.717, 1.165) is 6.20 Å². The summed E-state index contributed by atoms with van der Waals surface area (Å²) in [6, 6.07) is 0. The number of carbonyl (C=O) groups is 1. The third-order valence-corrected chi connectivity index (χ3v) is 2.42. The fraction of sp³-hybridized carbons (Fsp3) is 0.600. The van der Waals surface area contributed by atoms with Gasteiger partial charge in [-0.2, -0.15) is 5.10 Å². The van der Waals surface area contributed by atoms with E-state index in [9.17, 15) is 14.9 Å². The highest BCUT2D eigenvalue weighted by molar-refractivity contribution is 5.65. The quantitative estimate of drug-likeness (QED) is 0.650. The molecule has 1 rings (SSSR count). The van der Waals surface area contributed by atoms with Gasteiger partial charge in [0.05, 0.1) is 11.5 Å². The van der Waals surface area contributed by atoms with Gasteiger partial charge in [-0.25, -0.2) is 4.79 Å². The molecule has 1 aromatic rings. The smallest absolute Gasteiger partial charge is 0.407 e. The molecule has 1 aromatic heterocycles. The van der Waals surface area contributed by atoms with Gasteiger partial charge < -0.3 is 10.0 Å². The van der Waals surface area contributed by atoms with Gasteiger partial charge in [0.15, 0.2) is 0 Å². The minimum Gasteiger partial charge on any atom is -0.465 e. The van der Waals surface area contributed by atoms with Crippen molar-refractivity contribution in [3.8, 4) is 0 Å². The minimum absolute atomic E-state index is 0.104. The monoisotopic (exact) mass is 256 g/mol. The minimum atomic E-state index is -1.02. The molecule has 0 saturated heterocycles. The molecule has 0 aliphatic rings. The Morgan fingerprint density at radius 2 is 2.22 bits per heavy atom. The Morgan fingerprint density at radius 3 is 2.61 bits per heavy atom. The van der Waals surface area contributed by atoms with Gasteiger partial charge in [0, 0.05) is 12.1 Å². The van der Waals surface area contributed by atoms with Crippen LogP contribution in [0.5, 0.6) is 0 Å². The summed E-state index contributed by atoms with van der Waals surface area (Å²) in [5, 5.41) is 23.3. The highest BCUT2D eigenvalue weighted by atomic mass is 16.6. The maximum atomic E-state index is 11.1. The van der Waals surface area contributed by atoms with Gasteiger partial charge in [0.1, 0.15) is 12.4 Å². The zero-order chi connectivity index (χ0) is 13.9. The lowest BCUT2D eigenvalue weighted by Crippen LogP contribution is -2.46. The van der Waals surface area contributed by atoms with Crippen molar-refractivity contribution >= 4 is 11.8 Å². The standard InChI is InChI=1S/C10H16N4O4/c1-10(2,3)13(9(15)16)5-4-12-7-8(6-11-12)14(17)18/h6-7H,4-5H2,1-3H3,(H,15,16). The summed E-state index contributed by atoms with van der Waals surface area (Å²) in [6.45, 7) is 5.85. The first-order valence-corrected chi connectivity index (χ1v) is 5.39. The molecule has 1 amide bonds. The van der Waals surface area contributed by atoms with Crippen LogP contribution in [-0.2, 0) is 6.54 Å². The highest BCUT2D eigenvalue weighted by Gasteiger charge is 2.25. The number of nitro groups is 1. The molecule has 0 saturated carbocycles. The average molecular weight is 256 g/mol.